The Morgan fingerprint density at radius 2 is 2.13 bits per heavy atom. The summed E-state index contributed by atoms with van der Waals surface area (Å²) in [6.07, 6.45) is 4.99. The first-order chi connectivity index (χ1) is 7.28. The number of aromatic nitrogens is 1. The summed E-state index contributed by atoms with van der Waals surface area (Å²) in [4.78, 5) is 4.27. The van der Waals surface area contributed by atoms with Crippen LogP contribution in [0.2, 0.25) is 0 Å². The molecule has 1 heterocycles. The Hall–Kier alpha value is -1.56. The van der Waals surface area contributed by atoms with E-state index in [9.17, 15) is 0 Å². The molecule has 0 atom stereocenters. The molecule has 0 radical (unpaired) electrons. The molecule has 3 heteroatoms. The van der Waals surface area contributed by atoms with Crippen molar-refractivity contribution in [1.29, 1.82) is 5.26 Å². The quantitative estimate of drug-likeness (QED) is 0.740. The lowest BCUT2D eigenvalue weighted by Crippen LogP contribution is -2.12. The molecule has 0 unspecified atom stereocenters. The Labute approximate surface area is 89.7 Å². The third-order valence-electron chi connectivity index (χ3n) is 2.65. The predicted molar refractivity (Wildman–Crippen MR) is 56.6 cm³/mol. The molecule has 0 aromatic carbocycles. The Balaban J connectivity index is 2.13. The number of aryl methyl sites for hydroxylation is 1. The lowest BCUT2D eigenvalue weighted by Gasteiger charge is -2.12. The van der Waals surface area contributed by atoms with Gasteiger partial charge in [0.05, 0.1) is 11.6 Å². The third kappa shape index (κ3) is 2.47. The van der Waals surface area contributed by atoms with Crippen molar-refractivity contribution in [2.75, 3.05) is 0 Å². The largest absolute Gasteiger partial charge is 0.474 e. The van der Waals surface area contributed by atoms with E-state index >= 15 is 0 Å². The highest BCUT2D eigenvalue weighted by Crippen LogP contribution is 2.23. The topological polar surface area (TPSA) is 45.9 Å². The molecule has 3 nitrogen and oxygen atoms in total. The van der Waals surface area contributed by atoms with Crippen molar-refractivity contribution in [2.24, 2.45) is 0 Å². The molecule has 0 amide bonds. The van der Waals surface area contributed by atoms with Crippen LogP contribution in [-0.4, -0.2) is 11.1 Å². The number of ether oxygens (including phenoxy) is 1. The Morgan fingerprint density at radius 1 is 1.40 bits per heavy atom. The van der Waals surface area contributed by atoms with Crippen molar-refractivity contribution in [1.82, 2.24) is 4.98 Å². The zero-order valence-electron chi connectivity index (χ0n) is 8.86. The van der Waals surface area contributed by atoms with E-state index in [0.29, 0.717) is 17.5 Å². The van der Waals surface area contributed by atoms with E-state index in [1.165, 1.54) is 12.8 Å². The van der Waals surface area contributed by atoms with Crippen molar-refractivity contribution in [2.45, 2.75) is 38.7 Å². The molecular formula is C12H14N2O. The summed E-state index contributed by atoms with van der Waals surface area (Å²) in [6, 6.07) is 5.59. The van der Waals surface area contributed by atoms with Crippen LogP contribution in [0.15, 0.2) is 12.1 Å². The van der Waals surface area contributed by atoms with Crippen LogP contribution in [0.3, 0.4) is 0 Å². The van der Waals surface area contributed by atoms with Crippen LogP contribution in [0, 0.1) is 18.3 Å². The summed E-state index contributed by atoms with van der Waals surface area (Å²) in [5.74, 6) is 0.596. The standard InChI is InChI=1S/C12H14N2O/c1-9-6-10(8-13)7-12(14-9)15-11-4-2-3-5-11/h6-7,11H,2-5H2,1H3. The van der Waals surface area contributed by atoms with Gasteiger partial charge in [-0.15, -0.1) is 0 Å². The highest BCUT2D eigenvalue weighted by molar-refractivity contribution is 5.34. The average molecular weight is 202 g/mol. The van der Waals surface area contributed by atoms with Gasteiger partial charge in [-0.3, -0.25) is 0 Å². The first-order valence-corrected chi connectivity index (χ1v) is 5.33. The van der Waals surface area contributed by atoms with E-state index in [2.05, 4.69) is 11.1 Å². The van der Waals surface area contributed by atoms with Crippen LogP contribution in [0.4, 0.5) is 0 Å². The maximum absolute atomic E-state index is 8.81. The maximum atomic E-state index is 8.81. The van der Waals surface area contributed by atoms with Crippen LogP contribution in [-0.2, 0) is 0 Å². The fourth-order valence-corrected chi connectivity index (χ4v) is 1.94. The van der Waals surface area contributed by atoms with Crippen molar-refractivity contribution < 1.29 is 4.74 Å². The number of nitriles is 1. The number of pyridine rings is 1. The van der Waals surface area contributed by atoms with Crippen LogP contribution >= 0.6 is 0 Å². The van der Waals surface area contributed by atoms with Gasteiger partial charge >= 0.3 is 0 Å². The lowest BCUT2D eigenvalue weighted by molar-refractivity contribution is 0.201. The van der Waals surface area contributed by atoms with Crippen molar-refractivity contribution in [3.05, 3.63) is 23.4 Å². The highest BCUT2D eigenvalue weighted by atomic mass is 16.5. The van der Waals surface area contributed by atoms with Gasteiger partial charge in [0.1, 0.15) is 6.10 Å². The molecule has 1 aromatic heterocycles. The second kappa shape index (κ2) is 4.31. The van der Waals surface area contributed by atoms with E-state index in [4.69, 9.17) is 10.00 Å². The fourth-order valence-electron chi connectivity index (χ4n) is 1.94. The minimum absolute atomic E-state index is 0.297. The molecule has 2 rings (SSSR count). The van der Waals surface area contributed by atoms with Gasteiger partial charge in [-0.05, 0) is 38.7 Å². The van der Waals surface area contributed by atoms with Crippen LogP contribution in [0.25, 0.3) is 0 Å². The first kappa shape index (κ1) is 9.97. The molecule has 0 spiro atoms. The molecule has 0 aliphatic heterocycles. The van der Waals surface area contributed by atoms with Gasteiger partial charge in [0.2, 0.25) is 5.88 Å². The molecule has 0 saturated heterocycles. The van der Waals surface area contributed by atoms with Crippen molar-refractivity contribution >= 4 is 0 Å². The molecule has 15 heavy (non-hydrogen) atoms. The molecule has 1 saturated carbocycles. The molecule has 1 aliphatic rings. The van der Waals surface area contributed by atoms with Gasteiger partial charge in [0.25, 0.3) is 0 Å². The average Bonchev–Trinajstić information content (AvgIpc) is 2.69. The number of rotatable bonds is 2. The van der Waals surface area contributed by atoms with Gasteiger partial charge in [0, 0.05) is 11.8 Å². The van der Waals surface area contributed by atoms with Gasteiger partial charge in [-0.25, -0.2) is 4.98 Å². The van der Waals surface area contributed by atoms with E-state index < -0.39 is 0 Å². The molecule has 1 aromatic rings. The molecule has 78 valence electrons. The summed E-state index contributed by atoms with van der Waals surface area (Å²) in [6.45, 7) is 1.88. The van der Waals surface area contributed by atoms with E-state index in [1.807, 2.05) is 6.92 Å². The predicted octanol–water partition coefficient (Wildman–Crippen LogP) is 2.58. The summed E-state index contributed by atoms with van der Waals surface area (Å²) >= 11 is 0. The Kier molecular flexibility index (Phi) is 2.86. The Morgan fingerprint density at radius 3 is 2.80 bits per heavy atom. The van der Waals surface area contributed by atoms with Gasteiger partial charge in [-0.1, -0.05) is 0 Å². The van der Waals surface area contributed by atoms with Gasteiger partial charge in [-0.2, -0.15) is 5.26 Å². The van der Waals surface area contributed by atoms with Gasteiger partial charge in [0.15, 0.2) is 0 Å². The van der Waals surface area contributed by atoms with Crippen LogP contribution in [0.5, 0.6) is 5.88 Å². The van der Waals surface area contributed by atoms with Crippen molar-refractivity contribution in [3.8, 4) is 11.9 Å². The first-order valence-electron chi connectivity index (χ1n) is 5.33. The van der Waals surface area contributed by atoms with E-state index in [1.54, 1.807) is 12.1 Å². The summed E-state index contributed by atoms with van der Waals surface area (Å²) < 4.78 is 5.74. The molecule has 0 bridgehead atoms. The molecule has 0 N–H and O–H groups in total. The van der Waals surface area contributed by atoms with Crippen LogP contribution < -0.4 is 4.74 Å². The van der Waals surface area contributed by atoms with Gasteiger partial charge < -0.3 is 4.74 Å². The fraction of sp³-hybridized carbons (Fsp3) is 0.500. The molecular weight excluding hydrogens is 188 g/mol. The van der Waals surface area contributed by atoms with Crippen LogP contribution in [0.1, 0.15) is 36.9 Å². The minimum Gasteiger partial charge on any atom is -0.474 e. The minimum atomic E-state index is 0.297. The molecule has 1 fully saturated rings. The zero-order valence-corrected chi connectivity index (χ0v) is 8.86. The monoisotopic (exact) mass is 202 g/mol. The van der Waals surface area contributed by atoms with E-state index in [0.717, 1.165) is 18.5 Å². The zero-order chi connectivity index (χ0) is 10.7. The van der Waals surface area contributed by atoms with Crippen molar-refractivity contribution in [3.63, 3.8) is 0 Å². The normalized spacial score (nSPS) is 16.3. The Bertz CT molecular complexity index is 389. The molecule has 1 aliphatic carbocycles. The second-order valence-electron chi connectivity index (χ2n) is 3.97. The smallest absolute Gasteiger partial charge is 0.215 e. The maximum Gasteiger partial charge on any atom is 0.215 e. The third-order valence-corrected chi connectivity index (χ3v) is 2.65. The second-order valence-corrected chi connectivity index (χ2v) is 3.97. The SMILES string of the molecule is Cc1cc(C#N)cc(OC2CCCC2)n1. The number of hydrogen-bond donors (Lipinski definition) is 0. The number of hydrogen-bond acceptors (Lipinski definition) is 3. The summed E-state index contributed by atoms with van der Waals surface area (Å²) in [7, 11) is 0. The number of nitrogens with zero attached hydrogens (tertiary/aromatic N) is 2. The summed E-state index contributed by atoms with van der Waals surface area (Å²) in [5.41, 5.74) is 1.46. The van der Waals surface area contributed by atoms with E-state index in [-0.39, 0.29) is 0 Å². The highest BCUT2D eigenvalue weighted by Gasteiger charge is 2.17. The summed E-state index contributed by atoms with van der Waals surface area (Å²) in [5, 5.41) is 8.81. The lowest BCUT2D eigenvalue weighted by atomic mass is 10.2.